The normalized spacial score (nSPS) is 10.3. The monoisotopic (exact) mass is 286 g/mol. The van der Waals surface area contributed by atoms with Crippen molar-refractivity contribution in [3.8, 4) is 0 Å². The number of carbonyl (C=O) groups is 1. The molecule has 1 aromatic heterocycles. The van der Waals surface area contributed by atoms with Crippen LogP contribution in [0.1, 0.15) is 9.67 Å². The highest BCUT2D eigenvalue weighted by Gasteiger charge is 2.13. The van der Waals surface area contributed by atoms with E-state index in [0.29, 0.717) is 41.1 Å². The van der Waals surface area contributed by atoms with Gasteiger partial charge in [0.1, 0.15) is 4.88 Å². The van der Waals surface area contributed by atoms with Gasteiger partial charge in [0.15, 0.2) is 16.6 Å². The molecule has 0 atom stereocenters. The Morgan fingerprint density at radius 3 is 2.33 bits per heavy atom. The molecule has 1 rings (SSSR count). The van der Waals surface area contributed by atoms with Crippen molar-refractivity contribution < 1.29 is 4.79 Å². The molecule has 1 heterocycles. The van der Waals surface area contributed by atoms with Crippen molar-refractivity contribution in [3.05, 3.63) is 10.0 Å². The number of nitrogens with zero attached hydrogens (tertiary/aromatic N) is 2. The average Bonchev–Trinajstić information content (AvgIpc) is 2.59. The molecule has 0 saturated heterocycles. The second-order valence-corrected chi connectivity index (χ2v) is 4.76. The smallest absolute Gasteiger partial charge is 0.187 e. The third kappa shape index (κ3) is 3.48. The van der Waals surface area contributed by atoms with Crippen molar-refractivity contribution in [2.45, 2.75) is 0 Å². The van der Waals surface area contributed by atoms with E-state index in [2.05, 4.69) is 4.98 Å². The first kappa shape index (κ1) is 13.0. The number of aromatic nitrogens is 1. The first-order valence-corrected chi connectivity index (χ1v) is 6.47. The fourth-order valence-electron chi connectivity index (χ4n) is 1.02. The maximum absolute atomic E-state index is 10.6. The maximum atomic E-state index is 10.6. The lowest BCUT2D eigenvalue weighted by molar-refractivity contribution is 0.112. The van der Waals surface area contributed by atoms with E-state index in [1.165, 1.54) is 11.3 Å². The van der Waals surface area contributed by atoms with E-state index in [9.17, 15) is 4.79 Å². The summed E-state index contributed by atoms with van der Waals surface area (Å²) in [6, 6.07) is 0. The number of hydrogen-bond donors (Lipinski definition) is 0. The second kappa shape index (κ2) is 6.53. The van der Waals surface area contributed by atoms with Crippen LogP contribution >= 0.6 is 46.1 Å². The standard InChI is InChI=1S/C8H9Cl3N2OS/c9-1-3-13(4-2-10)8-12-7(11)6(5-14)15-8/h5H,1-4H2. The Morgan fingerprint density at radius 2 is 1.93 bits per heavy atom. The Hall–Kier alpha value is -0.0300. The minimum absolute atomic E-state index is 0.235. The molecule has 0 aromatic carbocycles. The van der Waals surface area contributed by atoms with Crippen LogP contribution in [0.4, 0.5) is 5.13 Å². The van der Waals surface area contributed by atoms with Gasteiger partial charge in [-0.15, -0.1) is 23.2 Å². The Bertz CT molecular complexity index is 326. The molecule has 0 fully saturated rings. The zero-order valence-corrected chi connectivity index (χ0v) is 10.8. The van der Waals surface area contributed by atoms with Gasteiger partial charge in [0, 0.05) is 24.8 Å². The van der Waals surface area contributed by atoms with Crippen molar-refractivity contribution in [1.29, 1.82) is 0 Å². The number of carbonyl (C=O) groups excluding carboxylic acids is 1. The molecule has 0 aliphatic heterocycles. The number of alkyl halides is 2. The molecular formula is C8H9Cl3N2OS. The van der Waals surface area contributed by atoms with Crippen LogP contribution in [-0.2, 0) is 0 Å². The molecule has 1 aromatic rings. The SMILES string of the molecule is O=Cc1sc(N(CCCl)CCCl)nc1Cl. The summed E-state index contributed by atoms with van der Waals surface area (Å²) in [7, 11) is 0. The maximum Gasteiger partial charge on any atom is 0.187 e. The Morgan fingerprint density at radius 1 is 1.33 bits per heavy atom. The first-order chi connectivity index (χ1) is 7.22. The second-order valence-electron chi connectivity index (χ2n) is 2.63. The lowest BCUT2D eigenvalue weighted by Crippen LogP contribution is -2.27. The lowest BCUT2D eigenvalue weighted by atomic mass is 10.5. The number of halogens is 3. The molecule has 15 heavy (non-hydrogen) atoms. The summed E-state index contributed by atoms with van der Waals surface area (Å²) in [4.78, 5) is 17.0. The summed E-state index contributed by atoms with van der Waals surface area (Å²) in [6.45, 7) is 1.27. The van der Waals surface area contributed by atoms with Gasteiger partial charge in [-0.1, -0.05) is 22.9 Å². The average molecular weight is 288 g/mol. The number of aldehydes is 1. The lowest BCUT2D eigenvalue weighted by Gasteiger charge is -2.18. The zero-order chi connectivity index (χ0) is 11.3. The molecule has 0 radical (unpaired) electrons. The van der Waals surface area contributed by atoms with Gasteiger partial charge in [-0.05, 0) is 0 Å². The highest BCUT2D eigenvalue weighted by molar-refractivity contribution is 7.17. The van der Waals surface area contributed by atoms with Crippen LogP contribution in [0.2, 0.25) is 5.15 Å². The van der Waals surface area contributed by atoms with Crippen LogP contribution in [0.3, 0.4) is 0 Å². The third-order valence-electron chi connectivity index (χ3n) is 1.68. The Labute approximate surface area is 107 Å². The number of anilines is 1. The van der Waals surface area contributed by atoms with Gasteiger partial charge >= 0.3 is 0 Å². The predicted octanol–water partition coefficient (Wildman–Crippen LogP) is 2.89. The van der Waals surface area contributed by atoms with E-state index < -0.39 is 0 Å². The Balaban J connectivity index is 2.84. The van der Waals surface area contributed by atoms with Gasteiger partial charge in [0.05, 0.1) is 0 Å². The molecule has 0 spiro atoms. The number of hydrogen-bond acceptors (Lipinski definition) is 4. The van der Waals surface area contributed by atoms with Gasteiger partial charge in [0.25, 0.3) is 0 Å². The van der Waals surface area contributed by atoms with E-state index in [0.717, 1.165) is 0 Å². The third-order valence-corrected chi connectivity index (χ3v) is 3.46. The summed E-state index contributed by atoms with van der Waals surface area (Å²) in [5, 5.41) is 0.919. The molecule has 0 amide bonds. The summed E-state index contributed by atoms with van der Waals surface area (Å²) in [6.07, 6.45) is 0.697. The molecule has 84 valence electrons. The zero-order valence-electron chi connectivity index (χ0n) is 7.75. The van der Waals surface area contributed by atoms with Crippen molar-refractivity contribution in [2.24, 2.45) is 0 Å². The van der Waals surface area contributed by atoms with Crippen LogP contribution < -0.4 is 4.90 Å². The number of thiazole rings is 1. The summed E-state index contributed by atoms with van der Waals surface area (Å²) >= 11 is 18.3. The first-order valence-electron chi connectivity index (χ1n) is 4.21. The highest BCUT2D eigenvalue weighted by Crippen LogP contribution is 2.28. The number of rotatable bonds is 6. The van der Waals surface area contributed by atoms with E-state index in [4.69, 9.17) is 34.8 Å². The van der Waals surface area contributed by atoms with Gasteiger partial charge < -0.3 is 4.90 Å². The van der Waals surface area contributed by atoms with Crippen molar-refractivity contribution in [1.82, 2.24) is 4.98 Å². The van der Waals surface area contributed by atoms with Crippen LogP contribution in [0.15, 0.2) is 0 Å². The summed E-state index contributed by atoms with van der Waals surface area (Å²) in [5.74, 6) is 0.953. The van der Waals surface area contributed by atoms with Gasteiger partial charge in [0.2, 0.25) is 0 Å². The molecule has 0 unspecified atom stereocenters. The van der Waals surface area contributed by atoms with Crippen molar-refractivity contribution >= 4 is 57.6 Å². The molecule has 7 heteroatoms. The van der Waals surface area contributed by atoms with Crippen LogP contribution in [0.5, 0.6) is 0 Å². The van der Waals surface area contributed by atoms with E-state index >= 15 is 0 Å². The van der Waals surface area contributed by atoms with Crippen LogP contribution in [0, 0.1) is 0 Å². The van der Waals surface area contributed by atoms with E-state index in [1.807, 2.05) is 4.90 Å². The topological polar surface area (TPSA) is 33.2 Å². The fraction of sp³-hybridized carbons (Fsp3) is 0.500. The van der Waals surface area contributed by atoms with Gasteiger partial charge in [-0.2, -0.15) is 0 Å². The minimum atomic E-state index is 0.235. The molecule has 0 N–H and O–H groups in total. The van der Waals surface area contributed by atoms with Gasteiger partial charge in [-0.25, -0.2) is 4.98 Å². The molecule has 0 saturated carbocycles. The van der Waals surface area contributed by atoms with Gasteiger partial charge in [-0.3, -0.25) is 4.79 Å². The molecule has 0 aliphatic carbocycles. The molecular weight excluding hydrogens is 279 g/mol. The van der Waals surface area contributed by atoms with E-state index in [-0.39, 0.29) is 5.15 Å². The molecule has 0 bridgehead atoms. The summed E-state index contributed by atoms with van der Waals surface area (Å²) < 4.78 is 0. The van der Waals surface area contributed by atoms with E-state index in [1.54, 1.807) is 0 Å². The minimum Gasteiger partial charge on any atom is -0.346 e. The highest BCUT2D eigenvalue weighted by atomic mass is 35.5. The fourth-order valence-corrected chi connectivity index (χ4v) is 2.54. The molecule has 3 nitrogen and oxygen atoms in total. The van der Waals surface area contributed by atoms with Crippen molar-refractivity contribution in [2.75, 3.05) is 29.7 Å². The van der Waals surface area contributed by atoms with Crippen LogP contribution in [-0.4, -0.2) is 36.1 Å². The van der Waals surface area contributed by atoms with Crippen molar-refractivity contribution in [3.63, 3.8) is 0 Å². The van der Waals surface area contributed by atoms with Crippen LogP contribution in [0.25, 0.3) is 0 Å². The Kier molecular flexibility index (Phi) is 5.68. The largest absolute Gasteiger partial charge is 0.346 e. The molecule has 0 aliphatic rings. The predicted molar refractivity (Wildman–Crippen MR) is 66.2 cm³/mol. The summed E-state index contributed by atoms with van der Waals surface area (Å²) in [5.41, 5.74) is 0. The quantitative estimate of drug-likeness (QED) is 0.596.